The predicted molar refractivity (Wildman–Crippen MR) is 95.3 cm³/mol. The van der Waals surface area contributed by atoms with Crippen LogP contribution in [0.5, 0.6) is 23.1 Å². The number of thioether (sulfide) groups is 1. The SMILES string of the molecule is Cc1cc(Oc2ccc3c(c2)OCO3)nc(SCc2ccc(F)cc2F)n1. The van der Waals surface area contributed by atoms with Gasteiger partial charge in [-0.25, -0.2) is 13.8 Å². The molecular weight excluding hydrogens is 374 g/mol. The standard InChI is InChI=1S/C19H14F2N2O3S/c1-11-6-18(26-14-4-5-16-17(8-14)25-10-24-16)23-19(22-11)27-9-12-2-3-13(20)7-15(12)21/h2-8H,9-10H2,1H3. The molecule has 0 atom stereocenters. The Hall–Kier alpha value is -2.87. The Labute approximate surface area is 158 Å². The van der Waals surface area contributed by atoms with Crippen LogP contribution in [-0.4, -0.2) is 16.8 Å². The van der Waals surface area contributed by atoms with Gasteiger partial charge in [0.25, 0.3) is 0 Å². The van der Waals surface area contributed by atoms with Crippen molar-refractivity contribution in [3.63, 3.8) is 0 Å². The highest BCUT2D eigenvalue weighted by Crippen LogP contribution is 2.36. The topological polar surface area (TPSA) is 53.5 Å². The molecule has 0 saturated heterocycles. The summed E-state index contributed by atoms with van der Waals surface area (Å²) in [5.41, 5.74) is 1.09. The summed E-state index contributed by atoms with van der Waals surface area (Å²) >= 11 is 1.24. The first-order valence-electron chi connectivity index (χ1n) is 8.07. The summed E-state index contributed by atoms with van der Waals surface area (Å²) in [4.78, 5) is 8.67. The highest BCUT2D eigenvalue weighted by Gasteiger charge is 2.15. The average Bonchev–Trinajstić information content (AvgIpc) is 3.08. The third-order valence-corrected chi connectivity index (χ3v) is 4.64. The van der Waals surface area contributed by atoms with Crippen molar-refractivity contribution in [3.8, 4) is 23.1 Å². The van der Waals surface area contributed by atoms with E-state index in [1.165, 1.54) is 23.9 Å². The molecule has 2 heterocycles. The Morgan fingerprint density at radius 2 is 1.89 bits per heavy atom. The highest BCUT2D eigenvalue weighted by molar-refractivity contribution is 7.98. The van der Waals surface area contributed by atoms with E-state index in [2.05, 4.69) is 9.97 Å². The van der Waals surface area contributed by atoms with Crippen molar-refractivity contribution in [3.05, 3.63) is 65.4 Å². The van der Waals surface area contributed by atoms with Gasteiger partial charge in [0, 0.05) is 29.6 Å². The molecule has 5 nitrogen and oxygen atoms in total. The molecule has 4 rings (SSSR count). The van der Waals surface area contributed by atoms with Crippen molar-refractivity contribution in [2.75, 3.05) is 6.79 Å². The Kier molecular flexibility index (Phi) is 4.81. The summed E-state index contributed by atoms with van der Waals surface area (Å²) in [5, 5.41) is 0.439. The van der Waals surface area contributed by atoms with Crippen LogP contribution in [-0.2, 0) is 5.75 Å². The number of hydrogen-bond acceptors (Lipinski definition) is 6. The highest BCUT2D eigenvalue weighted by atomic mass is 32.2. The van der Waals surface area contributed by atoms with Gasteiger partial charge in [-0.1, -0.05) is 17.8 Å². The van der Waals surface area contributed by atoms with Crippen molar-refractivity contribution < 1.29 is 23.0 Å². The minimum absolute atomic E-state index is 0.187. The molecule has 0 unspecified atom stereocenters. The second-order valence-corrected chi connectivity index (χ2v) is 6.71. The number of halogens is 2. The van der Waals surface area contributed by atoms with Crippen LogP contribution in [0.4, 0.5) is 8.78 Å². The molecule has 138 valence electrons. The van der Waals surface area contributed by atoms with Gasteiger partial charge in [0.15, 0.2) is 16.7 Å². The molecule has 0 bridgehead atoms. The van der Waals surface area contributed by atoms with Crippen LogP contribution in [0.15, 0.2) is 47.6 Å². The van der Waals surface area contributed by atoms with E-state index in [4.69, 9.17) is 14.2 Å². The van der Waals surface area contributed by atoms with E-state index in [9.17, 15) is 8.78 Å². The molecule has 0 fully saturated rings. The van der Waals surface area contributed by atoms with Gasteiger partial charge >= 0.3 is 0 Å². The molecule has 1 aliphatic heterocycles. The third kappa shape index (κ3) is 4.11. The number of aromatic nitrogens is 2. The van der Waals surface area contributed by atoms with Crippen molar-refractivity contribution in [2.45, 2.75) is 17.8 Å². The molecule has 0 spiro atoms. The minimum Gasteiger partial charge on any atom is -0.454 e. The lowest BCUT2D eigenvalue weighted by Gasteiger charge is -2.08. The number of aryl methyl sites for hydroxylation is 1. The summed E-state index contributed by atoms with van der Waals surface area (Å²) in [6, 6.07) is 10.4. The van der Waals surface area contributed by atoms with Crippen molar-refractivity contribution in [1.29, 1.82) is 0 Å². The van der Waals surface area contributed by atoms with Crippen LogP contribution in [0.3, 0.4) is 0 Å². The summed E-state index contributed by atoms with van der Waals surface area (Å²) in [7, 11) is 0. The van der Waals surface area contributed by atoms with E-state index in [-0.39, 0.29) is 12.5 Å². The molecule has 0 saturated carbocycles. The Morgan fingerprint density at radius 1 is 1.04 bits per heavy atom. The summed E-state index contributed by atoms with van der Waals surface area (Å²) < 4.78 is 43.2. The number of fused-ring (bicyclic) bond motifs is 1. The van der Waals surface area contributed by atoms with Crippen molar-refractivity contribution in [2.24, 2.45) is 0 Å². The lowest BCUT2D eigenvalue weighted by molar-refractivity contribution is 0.174. The van der Waals surface area contributed by atoms with E-state index in [1.807, 2.05) is 6.92 Å². The second-order valence-electron chi connectivity index (χ2n) is 5.77. The number of rotatable bonds is 5. The lowest BCUT2D eigenvalue weighted by atomic mass is 10.2. The molecule has 27 heavy (non-hydrogen) atoms. The summed E-state index contributed by atoms with van der Waals surface area (Å²) in [6.45, 7) is 2.00. The fourth-order valence-corrected chi connectivity index (χ4v) is 3.35. The first-order valence-corrected chi connectivity index (χ1v) is 9.05. The maximum Gasteiger partial charge on any atom is 0.231 e. The number of benzene rings is 2. The molecule has 0 amide bonds. The third-order valence-electron chi connectivity index (χ3n) is 3.75. The zero-order chi connectivity index (χ0) is 18.8. The van der Waals surface area contributed by atoms with E-state index < -0.39 is 11.6 Å². The van der Waals surface area contributed by atoms with Crippen LogP contribution in [0.2, 0.25) is 0 Å². The van der Waals surface area contributed by atoms with Crippen molar-refractivity contribution in [1.82, 2.24) is 9.97 Å². The molecule has 1 aliphatic rings. The zero-order valence-corrected chi connectivity index (χ0v) is 15.1. The van der Waals surface area contributed by atoms with Crippen LogP contribution in [0.1, 0.15) is 11.3 Å². The summed E-state index contributed by atoms with van der Waals surface area (Å²) in [6.07, 6.45) is 0. The van der Waals surface area contributed by atoms with E-state index in [0.29, 0.717) is 39.5 Å². The molecule has 8 heteroatoms. The maximum atomic E-state index is 13.8. The smallest absolute Gasteiger partial charge is 0.231 e. The molecule has 2 aromatic carbocycles. The predicted octanol–water partition coefficient (Wildman–Crippen LogP) is 4.88. The van der Waals surface area contributed by atoms with Crippen LogP contribution in [0.25, 0.3) is 0 Å². The quantitative estimate of drug-likeness (QED) is 0.459. The van der Waals surface area contributed by atoms with E-state index in [0.717, 1.165) is 6.07 Å². The molecule has 3 aromatic rings. The van der Waals surface area contributed by atoms with Crippen LogP contribution in [0, 0.1) is 18.6 Å². The average molecular weight is 388 g/mol. The molecule has 0 radical (unpaired) electrons. The molecule has 1 aromatic heterocycles. The van der Waals surface area contributed by atoms with Gasteiger partial charge < -0.3 is 14.2 Å². The van der Waals surface area contributed by atoms with Gasteiger partial charge in [-0.15, -0.1) is 0 Å². The van der Waals surface area contributed by atoms with Gasteiger partial charge in [-0.05, 0) is 30.7 Å². The maximum absolute atomic E-state index is 13.8. The van der Waals surface area contributed by atoms with Gasteiger partial charge in [0.05, 0.1) is 0 Å². The van der Waals surface area contributed by atoms with E-state index in [1.54, 1.807) is 24.3 Å². The minimum atomic E-state index is -0.604. The molecule has 0 N–H and O–H groups in total. The van der Waals surface area contributed by atoms with Gasteiger partial charge in [-0.2, -0.15) is 4.98 Å². The first-order chi connectivity index (χ1) is 13.1. The largest absolute Gasteiger partial charge is 0.454 e. The Morgan fingerprint density at radius 3 is 2.74 bits per heavy atom. The molecule has 0 aliphatic carbocycles. The zero-order valence-electron chi connectivity index (χ0n) is 14.2. The van der Waals surface area contributed by atoms with Gasteiger partial charge in [0.1, 0.15) is 17.4 Å². The Bertz CT molecular complexity index is 1000. The van der Waals surface area contributed by atoms with Gasteiger partial charge in [-0.3, -0.25) is 0 Å². The fraction of sp³-hybridized carbons (Fsp3) is 0.158. The van der Waals surface area contributed by atoms with E-state index >= 15 is 0 Å². The summed E-state index contributed by atoms with van der Waals surface area (Å²) in [5.74, 6) is 1.28. The van der Waals surface area contributed by atoms with Crippen molar-refractivity contribution >= 4 is 11.8 Å². The normalized spacial score (nSPS) is 12.3. The number of hydrogen-bond donors (Lipinski definition) is 0. The number of ether oxygens (including phenoxy) is 3. The Balaban J connectivity index is 1.49. The van der Waals surface area contributed by atoms with Crippen LogP contribution >= 0.6 is 11.8 Å². The molecular formula is C19H14F2N2O3S. The first kappa shape index (κ1) is 17.5. The van der Waals surface area contributed by atoms with Gasteiger partial charge in [0.2, 0.25) is 12.7 Å². The number of nitrogens with zero attached hydrogens (tertiary/aromatic N) is 2. The monoisotopic (exact) mass is 388 g/mol. The second kappa shape index (κ2) is 7.40. The lowest BCUT2D eigenvalue weighted by Crippen LogP contribution is -1.96. The van der Waals surface area contributed by atoms with Crippen LogP contribution < -0.4 is 14.2 Å². The fourth-order valence-electron chi connectivity index (χ4n) is 2.47.